The molecule has 0 aliphatic carbocycles. The van der Waals surface area contributed by atoms with E-state index < -0.39 is 0 Å². The third-order valence-electron chi connectivity index (χ3n) is 2.81. The summed E-state index contributed by atoms with van der Waals surface area (Å²) < 4.78 is 12.7. The lowest BCUT2D eigenvalue weighted by atomic mass is 10.1. The van der Waals surface area contributed by atoms with Crippen LogP contribution in [-0.4, -0.2) is 19.6 Å². The van der Waals surface area contributed by atoms with Crippen molar-refractivity contribution in [3.63, 3.8) is 0 Å². The van der Waals surface area contributed by atoms with Crippen molar-refractivity contribution in [2.45, 2.75) is 6.42 Å². The topological polar surface area (TPSA) is 29.3 Å². The highest BCUT2D eigenvalue weighted by Gasteiger charge is 2.20. The quantitative estimate of drug-likeness (QED) is 0.843. The molecule has 2 N–H and O–H groups in total. The standard InChI is InChI=1S/C11H15FN2.ClH/c12-10-1-3-11(4-2-10)14-6-5-9(7-13)8-14;/h1-4,9H,5-8,13H2;1H. The van der Waals surface area contributed by atoms with Crippen LogP contribution in [0.2, 0.25) is 0 Å². The van der Waals surface area contributed by atoms with E-state index in [0.717, 1.165) is 31.7 Å². The van der Waals surface area contributed by atoms with Gasteiger partial charge >= 0.3 is 0 Å². The predicted octanol–water partition coefficient (Wildman–Crippen LogP) is 2.03. The van der Waals surface area contributed by atoms with Gasteiger partial charge in [-0.3, -0.25) is 0 Å². The van der Waals surface area contributed by atoms with Gasteiger partial charge in [0.2, 0.25) is 0 Å². The molecule has 0 amide bonds. The molecular formula is C11H16ClFN2. The van der Waals surface area contributed by atoms with Crippen molar-refractivity contribution in [3.8, 4) is 0 Å². The average Bonchev–Trinajstić information content (AvgIpc) is 2.67. The zero-order valence-electron chi connectivity index (χ0n) is 8.53. The molecule has 15 heavy (non-hydrogen) atoms. The van der Waals surface area contributed by atoms with Crippen molar-refractivity contribution in [1.29, 1.82) is 0 Å². The summed E-state index contributed by atoms with van der Waals surface area (Å²) in [4.78, 5) is 2.26. The molecule has 1 atom stereocenters. The number of nitrogens with zero attached hydrogens (tertiary/aromatic N) is 1. The number of hydrogen-bond acceptors (Lipinski definition) is 2. The van der Waals surface area contributed by atoms with E-state index in [9.17, 15) is 4.39 Å². The van der Waals surface area contributed by atoms with E-state index in [0.29, 0.717) is 5.92 Å². The first-order valence-corrected chi connectivity index (χ1v) is 5.00. The molecule has 2 rings (SSSR count). The zero-order valence-corrected chi connectivity index (χ0v) is 9.34. The summed E-state index contributed by atoms with van der Waals surface area (Å²) in [5.74, 6) is 0.420. The summed E-state index contributed by atoms with van der Waals surface area (Å²) in [6, 6.07) is 6.67. The first kappa shape index (κ1) is 12.3. The third-order valence-corrected chi connectivity index (χ3v) is 2.81. The predicted molar refractivity (Wildman–Crippen MR) is 63.0 cm³/mol. The molecule has 1 unspecified atom stereocenters. The lowest BCUT2D eigenvalue weighted by Gasteiger charge is -2.18. The Balaban J connectivity index is 0.00000112. The van der Waals surface area contributed by atoms with E-state index in [1.807, 2.05) is 12.1 Å². The van der Waals surface area contributed by atoms with Gasteiger partial charge < -0.3 is 10.6 Å². The Morgan fingerprint density at radius 3 is 2.53 bits per heavy atom. The molecule has 0 bridgehead atoms. The van der Waals surface area contributed by atoms with Gasteiger partial charge in [-0.15, -0.1) is 12.4 Å². The minimum absolute atomic E-state index is 0. The lowest BCUT2D eigenvalue weighted by Crippen LogP contribution is -2.22. The van der Waals surface area contributed by atoms with Gasteiger partial charge in [-0.05, 0) is 43.1 Å². The largest absolute Gasteiger partial charge is 0.371 e. The fourth-order valence-corrected chi connectivity index (χ4v) is 1.91. The third kappa shape index (κ3) is 2.83. The van der Waals surface area contributed by atoms with Crippen LogP contribution in [0.5, 0.6) is 0 Å². The maximum Gasteiger partial charge on any atom is 0.123 e. The van der Waals surface area contributed by atoms with Crippen molar-refractivity contribution in [3.05, 3.63) is 30.1 Å². The number of nitrogens with two attached hydrogens (primary N) is 1. The van der Waals surface area contributed by atoms with Gasteiger partial charge in [-0.25, -0.2) is 4.39 Å². The Kier molecular flexibility index (Phi) is 4.36. The van der Waals surface area contributed by atoms with Crippen molar-refractivity contribution >= 4 is 18.1 Å². The summed E-state index contributed by atoms with van der Waals surface area (Å²) in [6.45, 7) is 2.79. The van der Waals surface area contributed by atoms with E-state index in [1.165, 1.54) is 12.1 Å². The van der Waals surface area contributed by atoms with Crippen LogP contribution in [-0.2, 0) is 0 Å². The summed E-state index contributed by atoms with van der Waals surface area (Å²) in [6.07, 6.45) is 1.15. The van der Waals surface area contributed by atoms with Crippen LogP contribution in [0, 0.1) is 11.7 Å². The van der Waals surface area contributed by atoms with Crippen LogP contribution >= 0.6 is 12.4 Å². The second kappa shape index (κ2) is 5.33. The average molecular weight is 231 g/mol. The minimum Gasteiger partial charge on any atom is -0.371 e. The van der Waals surface area contributed by atoms with Gasteiger partial charge in [0.25, 0.3) is 0 Å². The van der Waals surface area contributed by atoms with Gasteiger partial charge in [0.15, 0.2) is 0 Å². The first-order valence-electron chi connectivity index (χ1n) is 5.00. The number of hydrogen-bond donors (Lipinski definition) is 1. The molecule has 0 saturated carbocycles. The molecule has 1 aliphatic heterocycles. The molecule has 4 heteroatoms. The smallest absolute Gasteiger partial charge is 0.123 e. The van der Waals surface area contributed by atoms with Crippen LogP contribution < -0.4 is 10.6 Å². The summed E-state index contributed by atoms with van der Waals surface area (Å²) in [5, 5.41) is 0. The van der Waals surface area contributed by atoms with Gasteiger partial charge in [0.05, 0.1) is 0 Å². The molecule has 0 spiro atoms. The molecule has 1 saturated heterocycles. The number of anilines is 1. The van der Waals surface area contributed by atoms with Gasteiger partial charge in [-0.2, -0.15) is 0 Å². The summed E-state index contributed by atoms with van der Waals surface area (Å²) >= 11 is 0. The minimum atomic E-state index is -0.177. The molecule has 0 aromatic heterocycles. The lowest BCUT2D eigenvalue weighted by molar-refractivity contribution is 0.602. The van der Waals surface area contributed by atoms with Crippen molar-refractivity contribution in [1.82, 2.24) is 0 Å². The molecule has 2 nitrogen and oxygen atoms in total. The monoisotopic (exact) mass is 230 g/mol. The normalized spacial score (nSPS) is 20.1. The van der Waals surface area contributed by atoms with Crippen molar-refractivity contribution in [2.24, 2.45) is 11.7 Å². The molecule has 84 valence electrons. The Hall–Kier alpha value is -0.800. The second-order valence-electron chi connectivity index (χ2n) is 3.81. The van der Waals surface area contributed by atoms with Gasteiger partial charge in [-0.1, -0.05) is 0 Å². The fourth-order valence-electron chi connectivity index (χ4n) is 1.91. The van der Waals surface area contributed by atoms with E-state index in [1.54, 1.807) is 0 Å². The van der Waals surface area contributed by atoms with Crippen LogP contribution in [0.15, 0.2) is 24.3 Å². The molecule has 1 aromatic rings. The molecule has 1 fully saturated rings. The zero-order chi connectivity index (χ0) is 9.97. The Morgan fingerprint density at radius 2 is 2.00 bits per heavy atom. The Labute approximate surface area is 95.7 Å². The van der Waals surface area contributed by atoms with Gasteiger partial charge in [0.1, 0.15) is 5.82 Å². The number of benzene rings is 1. The number of rotatable bonds is 2. The van der Waals surface area contributed by atoms with Crippen molar-refractivity contribution in [2.75, 3.05) is 24.5 Å². The highest BCUT2D eigenvalue weighted by Crippen LogP contribution is 2.23. The molecule has 1 heterocycles. The van der Waals surface area contributed by atoms with E-state index in [2.05, 4.69) is 4.90 Å². The number of halogens is 2. The molecule has 1 aromatic carbocycles. The molecular weight excluding hydrogens is 215 g/mol. The van der Waals surface area contributed by atoms with E-state index in [4.69, 9.17) is 5.73 Å². The van der Waals surface area contributed by atoms with Crippen LogP contribution in [0.3, 0.4) is 0 Å². The van der Waals surface area contributed by atoms with Crippen LogP contribution in [0.4, 0.5) is 10.1 Å². The van der Waals surface area contributed by atoms with Gasteiger partial charge in [0, 0.05) is 18.8 Å². The van der Waals surface area contributed by atoms with E-state index in [-0.39, 0.29) is 18.2 Å². The van der Waals surface area contributed by atoms with Crippen LogP contribution in [0.1, 0.15) is 6.42 Å². The molecule has 1 aliphatic rings. The van der Waals surface area contributed by atoms with E-state index >= 15 is 0 Å². The maximum atomic E-state index is 12.7. The summed E-state index contributed by atoms with van der Waals surface area (Å²) in [5.41, 5.74) is 6.71. The highest BCUT2D eigenvalue weighted by molar-refractivity contribution is 5.85. The molecule has 0 radical (unpaired) electrons. The SMILES string of the molecule is Cl.NCC1CCN(c2ccc(F)cc2)C1. The highest BCUT2D eigenvalue weighted by atomic mass is 35.5. The maximum absolute atomic E-state index is 12.7. The van der Waals surface area contributed by atoms with Crippen LogP contribution in [0.25, 0.3) is 0 Å². The summed E-state index contributed by atoms with van der Waals surface area (Å²) in [7, 11) is 0. The second-order valence-corrected chi connectivity index (χ2v) is 3.81. The fraction of sp³-hybridized carbons (Fsp3) is 0.455. The Morgan fingerprint density at radius 1 is 1.33 bits per heavy atom. The van der Waals surface area contributed by atoms with Crippen molar-refractivity contribution < 1.29 is 4.39 Å². The Bertz CT molecular complexity index is 302. The first-order chi connectivity index (χ1) is 6.79.